The van der Waals surface area contributed by atoms with E-state index in [9.17, 15) is 9.18 Å². The molecule has 3 aromatic rings. The summed E-state index contributed by atoms with van der Waals surface area (Å²) in [6, 6.07) is 15.2. The molecule has 0 aliphatic rings. The van der Waals surface area contributed by atoms with Gasteiger partial charge in [0.15, 0.2) is 0 Å². The van der Waals surface area contributed by atoms with E-state index in [0.717, 1.165) is 4.47 Å². The second-order valence-electron chi connectivity index (χ2n) is 5.03. The van der Waals surface area contributed by atoms with Crippen LogP contribution in [0.2, 0.25) is 0 Å². The third-order valence-corrected chi connectivity index (χ3v) is 3.78. The van der Waals surface area contributed by atoms with E-state index in [-0.39, 0.29) is 11.7 Å². The molecule has 0 unspecified atom stereocenters. The van der Waals surface area contributed by atoms with Crippen LogP contribution in [0.1, 0.15) is 10.4 Å². The second-order valence-corrected chi connectivity index (χ2v) is 5.94. The number of anilines is 3. The Bertz CT molecular complexity index is 868. The Morgan fingerprint density at radius 1 is 1.00 bits per heavy atom. The Hall–Kier alpha value is -2.73. The van der Waals surface area contributed by atoms with E-state index in [0.29, 0.717) is 22.6 Å². The number of hydrogen-bond acceptors (Lipinski definition) is 3. The van der Waals surface area contributed by atoms with E-state index in [4.69, 9.17) is 0 Å². The van der Waals surface area contributed by atoms with E-state index in [1.54, 1.807) is 36.4 Å². The van der Waals surface area contributed by atoms with Crippen molar-refractivity contribution in [2.24, 2.45) is 0 Å². The molecule has 2 N–H and O–H groups in total. The van der Waals surface area contributed by atoms with E-state index >= 15 is 0 Å². The van der Waals surface area contributed by atoms with Crippen LogP contribution in [0.5, 0.6) is 0 Å². The number of rotatable bonds is 4. The average molecular weight is 386 g/mol. The van der Waals surface area contributed by atoms with Gasteiger partial charge in [0.05, 0.1) is 23.1 Å². The van der Waals surface area contributed by atoms with Gasteiger partial charge in [0.25, 0.3) is 5.91 Å². The Morgan fingerprint density at radius 2 is 1.75 bits per heavy atom. The smallest absolute Gasteiger partial charge is 0.257 e. The number of nitrogens with one attached hydrogen (secondary N) is 2. The van der Waals surface area contributed by atoms with Crippen LogP contribution in [0.3, 0.4) is 0 Å². The molecule has 0 bridgehead atoms. The second kappa shape index (κ2) is 7.23. The fraction of sp³-hybridized carbons (Fsp3) is 0. The largest absolute Gasteiger partial charge is 0.352 e. The average Bonchev–Trinajstić information content (AvgIpc) is 2.59. The molecule has 24 heavy (non-hydrogen) atoms. The first-order valence-electron chi connectivity index (χ1n) is 7.15. The molecule has 0 aliphatic carbocycles. The molecule has 1 heterocycles. The molecule has 0 spiro atoms. The monoisotopic (exact) mass is 385 g/mol. The fourth-order valence-electron chi connectivity index (χ4n) is 2.09. The number of carbonyl (C=O) groups is 1. The van der Waals surface area contributed by atoms with Crippen LogP contribution in [-0.4, -0.2) is 10.9 Å². The molecule has 120 valence electrons. The first-order valence-corrected chi connectivity index (χ1v) is 7.94. The number of benzene rings is 2. The molecule has 0 aliphatic heterocycles. The third-order valence-electron chi connectivity index (χ3n) is 3.26. The maximum atomic E-state index is 13.7. The number of nitrogens with zero attached hydrogens (tertiary/aromatic N) is 1. The maximum Gasteiger partial charge on any atom is 0.257 e. The van der Waals surface area contributed by atoms with Crippen LogP contribution < -0.4 is 10.6 Å². The summed E-state index contributed by atoms with van der Waals surface area (Å²) < 4.78 is 14.6. The van der Waals surface area contributed by atoms with Gasteiger partial charge in [-0.3, -0.25) is 9.78 Å². The molecule has 0 atom stereocenters. The number of halogens is 2. The molecular weight excluding hydrogens is 373 g/mol. The summed E-state index contributed by atoms with van der Waals surface area (Å²) in [5, 5.41) is 5.70. The highest BCUT2D eigenvalue weighted by Crippen LogP contribution is 2.20. The lowest BCUT2D eigenvalue weighted by molar-refractivity contribution is 0.102. The van der Waals surface area contributed by atoms with Gasteiger partial charge in [-0.25, -0.2) is 4.39 Å². The van der Waals surface area contributed by atoms with Crippen LogP contribution in [0.25, 0.3) is 0 Å². The maximum absolute atomic E-state index is 13.7. The normalized spacial score (nSPS) is 10.2. The number of pyridine rings is 1. The predicted octanol–water partition coefficient (Wildman–Crippen LogP) is 4.98. The highest BCUT2D eigenvalue weighted by Gasteiger charge is 2.09. The standard InChI is InChI=1S/C18H13BrFN3O/c19-13-5-7-14(8-6-13)23-18(24)12-9-15(11-21-10-12)22-17-4-2-1-3-16(17)20/h1-11,22H,(H,23,24). The number of amides is 1. The highest BCUT2D eigenvalue weighted by atomic mass is 79.9. The summed E-state index contributed by atoms with van der Waals surface area (Å²) in [5.74, 6) is -0.663. The molecule has 0 saturated carbocycles. The van der Waals surface area contributed by atoms with Gasteiger partial charge in [-0.05, 0) is 42.5 Å². The number of carbonyl (C=O) groups excluding carboxylic acids is 1. The van der Waals surface area contributed by atoms with Gasteiger partial charge in [0.2, 0.25) is 0 Å². The lowest BCUT2D eigenvalue weighted by Crippen LogP contribution is -2.12. The van der Waals surface area contributed by atoms with Gasteiger partial charge in [-0.1, -0.05) is 28.1 Å². The van der Waals surface area contributed by atoms with Crippen LogP contribution in [0, 0.1) is 5.82 Å². The molecular formula is C18H13BrFN3O. The third kappa shape index (κ3) is 3.97. The van der Waals surface area contributed by atoms with Crippen molar-refractivity contribution >= 4 is 38.9 Å². The predicted molar refractivity (Wildman–Crippen MR) is 96.0 cm³/mol. The number of hydrogen-bond donors (Lipinski definition) is 2. The Kier molecular flexibility index (Phi) is 4.86. The van der Waals surface area contributed by atoms with E-state index in [1.807, 2.05) is 12.1 Å². The molecule has 6 heteroatoms. The quantitative estimate of drug-likeness (QED) is 0.665. The van der Waals surface area contributed by atoms with Crippen molar-refractivity contribution in [2.45, 2.75) is 0 Å². The van der Waals surface area contributed by atoms with E-state index < -0.39 is 0 Å². The van der Waals surface area contributed by atoms with Gasteiger partial charge in [0, 0.05) is 16.4 Å². The molecule has 0 radical (unpaired) electrons. The SMILES string of the molecule is O=C(Nc1ccc(Br)cc1)c1cncc(Nc2ccccc2F)c1. The van der Waals surface area contributed by atoms with Crippen molar-refractivity contribution in [3.05, 3.63) is 82.8 Å². The van der Waals surface area contributed by atoms with Crippen LogP contribution in [-0.2, 0) is 0 Å². The summed E-state index contributed by atoms with van der Waals surface area (Å²) in [5.41, 5.74) is 1.91. The molecule has 2 aromatic carbocycles. The number of aromatic nitrogens is 1. The van der Waals surface area contributed by atoms with Crippen molar-refractivity contribution in [3.8, 4) is 0 Å². The van der Waals surface area contributed by atoms with Gasteiger partial charge in [-0.2, -0.15) is 0 Å². The zero-order valence-electron chi connectivity index (χ0n) is 12.5. The van der Waals surface area contributed by atoms with Crippen molar-refractivity contribution in [1.29, 1.82) is 0 Å². The molecule has 0 fully saturated rings. The van der Waals surface area contributed by atoms with E-state index in [2.05, 4.69) is 31.5 Å². The number of para-hydroxylation sites is 1. The lowest BCUT2D eigenvalue weighted by atomic mass is 10.2. The highest BCUT2D eigenvalue weighted by molar-refractivity contribution is 9.10. The summed E-state index contributed by atoms with van der Waals surface area (Å²) in [4.78, 5) is 16.3. The summed E-state index contributed by atoms with van der Waals surface area (Å²) in [6.07, 6.45) is 2.99. The minimum absolute atomic E-state index is 0.290. The molecule has 1 aromatic heterocycles. The van der Waals surface area contributed by atoms with E-state index in [1.165, 1.54) is 18.5 Å². The van der Waals surface area contributed by atoms with Crippen molar-refractivity contribution in [3.63, 3.8) is 0 Å². The van der Waals surface area contributed by atoms with Gasteiger partial charge >= 0.3 is 0 Å². The van der Waals surface area contributed by atoms with Crippen LogP contribution in [0.15, 0.2) is 71.5 Å². The lowest BCUT2D eigenvalue weighted by Gasteiger charge is -2.09. The molecule has 1 amide bonds. The summed E-state index contributed by atoms with van der Waals surface area (Å²) >= 11 is 3.34. The zero-order chi connectivity index (χ0) is 16.9. The molecule has 4 nitrogen and oxygen atoms in total. The van der Waals surface area contributed by atoms with Crippen LogP contribution in [0.4, 0.5) is 21.5 Å². The Labute approximate surface area is 146 Å². The minimum atomic E-state index is -0.373. The van der Waals surface area contributed by atoms with Crippen LogP contribution >= 0.6 is 15.9 Å². The zero-order valence-corrected chi connectivity index (χ0v) is 14.0. The molecule has 0 saturated heterocycles. The molecule has 3 rings (SSSR count). The fourth-order valence-corrected chi connectivity index (χ4v) is 2.35. The Balaban J connectivity index is 1.76. The van der Waals surface area contributed by atoms with Crippen molar-refractivity contribution in [1.82, 2.24) is 4.98 Å². The minimum Gasteiger partial charge on any atom is -0.352 e. The first kappa shape index (κ1) is 16.1. The Morgan fingerprint density at radius 3 is 2.50 bits per heavy atom. The van der Waals surface area contributed by atoms with Gasteiger partial charge in [0.1, 0.15) is 5.82 Å². The van der Waals surface area contributed by atoms with Gasteiger partial charge < -0.3 is 10.6 Å². The van der Waals surface area contributed by atoms with Crippen molar-refractivity contribution in [2.75, 3.05) is 10.6 Å². The summed E-state index contributed by atoms with van der Waals surface area (Å²) in [6.45, 7) is 0. The topological polar surface area (TPSA) is 54.0 Å². The summed E-state index contributed by atoms with van der Waals surface area (Å²) in [7, 11) is 0. The van der Waals surface area contributed by atoms with Gasteiger partial charge in [-0.15, -0.1) is 0 Å². The van der Waals surface area contributed by atoms with Crippen molar-refractivity contribution < 1.29 is 9.18 Å². The first-order chi connectivity index (χ1) is 11.6.